The molecule has 0 saturated heterocycles. The molecule has 1 aromatic rings. The normalized spacial score (nSPS) is 37.4. The van der Waals surface area contributed by atoms with E-state index in [0.29, 0.717) is 12.8 Å². The number of allylic oxidation sites excluding steroid dienone is 2. The second-order valence-corrected chi connectivity index (χ2v) is 12.0. The van der Waals surface area contributed by atoms with Crippen LogP contribution in [0.25, 0.3) is 0 Å². The van der Waals surface area contributed by atoms with Crippen molar-refractivity contribution in [2.75, 3.05) is 6.61 Å². The summed E-state index contributed by atoms with van der Waals surface area (Å²) in [5.41, 5.74) is -4.07. The summed E-state index contributed by atoms with van der Waals surface area (Å²) in [4.78, 5) is 36.6. The van der Waals surface area contributed by atoms with Crippen molar-refractivity contribution in [2.24, 2.45) is 34.5 Å². The Kier molecular flexibility index (Phi) is 7.48. The van der Waals surface area contributed by atoms with E-state index < -0.39 is 57.3 Å². The van der Waals surface area contributed by atoms with Gasteiger partial charge in [0.05, 0.1) is 30.3 Å². The molecular weight excluding hydrogens is 502 g/mol. The summed E-state index contributed by atoms with van der Waals surface area (Å²) in [6, 6.07) is 3.07. The van der Waals surface area contributed by atoms with Gasteiger partial charge in [-0.3, -0.25) is 9.59 Å². The SMILES string of the molecule is C[C@@H](COC(=O)c1ccco1)CC1C2C[C@H](F)C3=CC(=O)C#C[C@]3(C)[C@@]2(F)[C@@H](C)C[C@]1(C)CC(=O)SO. The van der Waals surface area contributed by atoms with Crippen LogP contribution in [0.4, 0.5) is 8.78 Å². The maximum atomic E-state index is 17.5. The van der Waals surface area contributed by atoms with Crippen molar-refractivity contribution in [1.82, 2.24) is 0 Å². The Balaban J connectivity index is 1.67. The smallest absolute Gasteiger partial charge is 0.374 e. The summed E-state index contributed by atoms with van der Waals surface area (Å²) in [6.07, 6.45) is 1.49. The molecule has 6 nitrogen and oxygen atoms in total. The molecule has 1 aromatic heterocycles. The number of hydrogen-bond donors (Lipinski definition) is 1. The number of carbonyl (C=O) groups is 3. The van der Waals surface area contributed by atoms with Gasteiger partial charge in [0.2, 0.25) is 16.7 Å². The van der Waals surface area contributed by atoms with Crippen molar-refractivity contribution in [1.29, 1.82) is 0 Å². The highest BCUT2D eigenvalue weighted by molar-refractivity contribution is 8.08. The molecule has 2 fully saturated rings. The lowest BCUT2D eigenvalue weighted by Crippen LogP contribution is -2.66. The summed E-state index contributed by atoms with van der Waals surface area (Å²) in [5, 5.41) is -0.439. The van der Waals surface area contributed by atoms with Gasteiger partial charge in [-0.1, -0.05) is 26.7 Å². The third-order valence-electron chi connectivity index (χ3n) is 8.80. The number of furan rings is 1. The molecule has 9 heteroatoms. The van der Waals surface area contributed by atoms with Crippen LogP contribution < -0.4 is 0 Å². The molecule has 4 rings (SSSR count). The predicted octanol–water partition coefficient (Wildman–Crippen LogP) is 5.83. The molecule has 2 saturated carbocycles. The van der Waals surface area contributed by atoms with E-state index in [1.165, 1.54) is 12.3 Å². The average molecular weight is 535 g/mol. The number of ether oxygens (including phenoxy) is 1. The van der Waals surface area contributed by atoms with Gasteiger partial charge in [0, 0.05) is 12.3 Å². The van der Waals surface area contributed by atoms with Gasteiger partial charge in [0.15, 0.2) is 0 Å². The van der Waals surface area contributed by atoms with Crippen molar-refractivity contribution in [2.45, 2.75) is 65.2 Å². The number of alkyl halides is 2. The first kappa shape index (κ1) is 27.6. The van der Waals surface area contributed by atoms with Crippen molar-refractivity contribution >= 4 is 28.9 Å². The Morgan fingerprint density at radius 3 is 2.76 bits per heavy atom. The molecular formula is C28H32F2O6S. The molecule has 0 spiro atoms. The van der Waals surface area contributed by atoms with Gasteiger partial charge in [-0.2, -0.15) is 0 Å². The highest BCUT2D eigenvalue weighted by Crippen LogP contribution is 2.67. The number of esters is 1. The number of hydrogen-bond acceptors (Lipinski definition) is 7. The highest BCUT2D eigenvalue weighted by Gasteiger charge is 2.69. The van der Waals surface area contributed by atoms with Crippen LogP contribution in [0.2, 0.25) is 0 Å². The lowest BCUT2D eigenvalue weighted by molar-refractivity contribution is -0.175. The molecule has 1 N–H and O–H groups in total. The van der Waals surface area contributed by atoms with E-state index in [4.69, 9.17) is 9.15 Å². The number of rotatable bonds is 7. The summed E-state index contributed by atoms with van der Waals surface area (Å²) in [7, 11) is 0. The third-order valence-corrected chi connectivity index (χ3v) is 9.15. The fourth-order valence-electron chi connectivity index (χ4n) is 7.19. The number of halogens is 2. The number of ketones is 1. The molecule has 3 aliphatic rings. The van der Waals surface area contributed by atoms with Crippen LogP contribution in [-0.4, -0.2) is 39.9 Å². The van der Waals surface area contributed by atoms with Crippen LogP contribution in [0.15, 0.2) is 34.5 Å². The first-order valence-electron chi connectivity index (χ1n) is 12.5. The molecule has 3 aliphatic carbocycles. The average Bonchev–Trinajstić information content (AvgIpc) is 3.39. The Hall–Kier alpha value is -2.44. The van der Waals surface area contributed by atoms with Crippen molar-refractivity contribution in [3.63, 3.8) is 0 Å². The molecule has 0 radical (unpaired) electrons. The Morgan fingerprint density at radius 2 is 2.11 bits per heavy atom. The van der Waals surface area contributed by atoms with Gasteiger partial charge >= 0.3 is 5.97 Å². The highest BCUT2D eigenvalue weighted by atomic mass is 32.2. The number of fused-ring (bicyclic) bond motifs is 3. The summed E-state index contributed by atoms with van der Waals surface area (Å²) in [6.45, 7) is 7.12. The first-order chi connectivity index (χ1) is 17.4. The van der Waals surface area contributed by atoms with Crippen molar-refractivity contribution < 1.29 is 36.9 Å². The molecule has 0 bridgehead atoms. The predicted molar refractivity (Wildman–Crippen MR) is 134 cm³/mol. The Labute approximate surface area is 219 Å². The van der Waals surface area contributed by atoms with Crippen molar-refractivity contribution in [3.8, 4) is 11.8 Å². The van der Waals surface area contributed by atoms with Gasteiger partial charge in [-0.15, -0.1) is 0 Å². The standard InChI is InChI=1S/C28H32F2O6S/c1-16(15-36-25(33)23-6-5-9-35-23)10-19-20-12-22(29)21-11-18(31)7-8-27(21,4)28(20,30)17(2)13-26(19,3)14-24(32)37-34/h5-6,9,11,16-17,19-20,22,34H,10,12-15H2,1-4H3/t16-,17+,19?,20?,22+,26-,27+,28-/m1/s1. The Bertz CT molecular complexity index is 1170. The zero-order valence-electron chi connectivity index (χ0n) is 21.4. The van der Waals surface area contributed by atoms with Crippen LogP contribution >= 0.6 is 12.0 Å². The lowest BCUT2D eigenvalue weighted by Gasteiger charge is -2.63. The topological polar surface area (TPSA) is 93.8 Å². The van der Waals surface area contributed by atoms with Gasteiger partial charge < -0.3 is 13.7 Å². The molecule has 2 unspecified atom stereocenters. The minimum atomic E-state index is -1.95. The maximum Gasteiger partial charge on any atom is 0.374 e. The Morgan fingerprint density at radius 1 is 1.38 bits per heavy atom. The maximum absolute atomic E-state index is 17.5. The summed E-state index contributed by atoms with van der Waals surface area (Å²) >= 11 is 0.143. The molecule has 0 aromatic carbocycles. The van der Waals surface area contributed by atoms with Gasteiger partial charge in [0.1, 0.15) is 11.8 Å². The van der Waals surface area contributed by atoms with E-state index >= 15 is 8.78 Å². The molecule has 200 valence electrons. The number of carbonyl (C=O) groups excluding carboxylic acids is 3. The third kappa shape index (κ3) is 4.67. The molecule has 37 heavy (non-hydrogen) atoms. The van der Waals surface area contributed by atoms with Gasteiger partial charge in [-0.05, 0) is 79.1 Å². The van der Waals surface area contributed by atoms with E-state index in [0.717, 1.165) is 6.08 Å². The quantitative estimate of drug-likeness (QED) is 0.203. The molecule has 0 aliphatic heterocycles. The fourth-order valence-corrected chi connectivity index (χ4v) is 7.59. The minimum absolute atomic E-state index is 0.00478. The van der Waals surface area contributed by atoms with Crippen LogP contribution in [-0.2, 0) is 14.3 Å². The fraction of sp³-hybridized carbons (Fsp3) is 0.607. The molecule has 8 atom stereocenters. The first-order valence-corrected chi connectivity index (χ1v) is 13.3. The van der Waals surface area contributed by atoms with Crippen LogP contribution in [0, 0.1) is 46.3 Å². The van der Waals surface area contributed by atoms with Gasteiger partial charge in [-0.25, -0.2) is 13.6 Å². The second kappa shape index (κ2) is 10.0. The largest absolute Gasteiger partial charge is 0.460 e. The zero-order valence-corrected chi connectivity index (χ0v) is 22.2. The van der Waals surface area contributed by atoms with Crippen LogP contribution in [0.5, 0.6) is 0 Å². The van der Waals surface area contributed by atoms with E-state index in [-0.39, 0.29) is 48.7 Å². The molecule has 0 amide bonds. The zero-order chi connectivity index (χ0) is 27.2. The van der Waals surface area contributed by atoms with Crippen LogP contribution in [0.1, 0.15) is 63.9 Å². The summed E-state index contributed by atoms with van der Waals surface area (Å²) < 4.78 is 53.1. The summed E-state index contributed by atoms with van der Waals surface area (Å²) in [5.74, 6) is 2.06. The lowest BCUT2D eigenvalue weighted by atomic mass is 9.42. The van der Waals surface area contributed by atoms with Gasteiger partial charge in [0.25, 0.3) is 0 Å². The second-order valence-electron chi connectivity index (χ2n) is 11.3. The monoisotopic (exact) mass is 534 g/mol. The van der Waals surface area contributed by atoms with Crippen molar-refractivity contribution in [3.05, 3.63) is 35.8 Å². The van der Waals surface area contributed by atoms with Crippen LogP contribution in [0.3, 0.4) is 0 Å². The van der Waals surface area contributed by atoms with E-state index in [9.17, 15) is 18.9 Å². The van der Waals surface area contributed by atoms with E-state index in [1.807, 2.05) is 13.8 Å². The minimum Gasteiger partial charge on any atom is -0.460 e. The molecule has 1 heterocycles. The van der Waals surface area contributed by atoms with E-state index in [1.54, 1.807) is 19.9 Å². The van der Waals surface area contributed by atoms with E-state index in [2.05, 4.69) is 11.8 Å².